The predicted octanol–water partition coefficient (Wildman–Crippen LogP) is 3.24. The number of hydrogen-bond donors (Lipinski definition) is 3. The first-order valence-corrected chi connectivity index (χ1v) is 17.4. The number of nitrogens with two attached hydrogens (primary N) is 1. The van der Waals surface area contributed by atoms with Gasteiger partial charge >= 0.3 is 6.09 Å². The zero-order chi connectivity index (χ0) is 35.1. The number of Topliss-reactive ketones (excluding diaryl/α,β-unsaturated/α-hetero) is 1. The Labute approximate surface area is 282 Å². The van der Waals surface area contributed by atoms with Gasteiger partial charge in [0.2, 0.25) is 23.5 Å². The van der Waals surface area contributed by atoms with E-state index in [0.29, 0.717) is 18.7 Å². The molecule has 12 heteroatoms. The summed E-state index contributed by atoms with van der Waals surface area (Å²) in [5.74, 6) is -3.49. The molecule has 6 atom stereocenters. The molecule has 4 aliphatic rings. The number of ketones is 1. The number of carbonyl (C=O) groups excluding carboxylic acids is 6. The molecule has 0 bridgehead atoms. The molecule has 48 heavy (non-hydrogen) atoms. The molecule has 1 aromatic carbocycles. The Hall–Kier alpha value is -3.96. The molecule has 4 unspecified atom stereocenters. The van der Waals surface area contributed by atoms with Gasteiger partial charge in [0.05, 0.1) is 11.7 Å². The summed E-state index contributed by atoms with van der Waals surface area (Å²) in [6.07, 6.45) is 4.76. The highest BCUT2D eigenvalue weighted by Crippen LogP contribution is 2.65. The number of ether oxygens (including phenoxy) is 1. The van der Waals surface area contributed by atoms with Crippen molar-refractivity contribution < 1.29 is 33.5 Å². The van der Waals surface area contributed by atoms with Crippen LogP contribution in [0.15, 0.2) is 24.3 Å². The topological polar surface area (TPSA) is 168 Å². The second kappa shape index (κ2) is 13.5. The summed E-state index contributed by atoms with van der Waals surface area (Å²) in [4.78, 5) is 83.5. The van der Waals surface area contributed by atoms with Crippen LogP contribution in [0, 0.1) is 23.2 Å². The summed E-state index contributed by atoms with van der Waals surface area (Å²) in [6.45, 7) is 11.6. The van der Waals surface area contributed by atoms with E-state index in [2.05, 4.69) is 24.5 Å². The van der Waals surface area contributed by atoms with E-state index in [0.717, 1.165) is 37.7 Å². The number of anilines is 1. The third kappa shape index (κ3) is 6.94. The van der Waals surface area contributed by atoms with Crippen LogP contribution in [0.2, 0.25) is 0 Å². The van der Waals surface area contributed by atoms with Gasteiger partial charge in [0, 0.05) is 13.0 Å². The van der Waals surface area contributed by atoms with E-state index in [-0.39, 0.29) is 41.9 Å². The van der Waals surface area contributed by atoms with Crippen molar-refractivity contribution in [3.05, 3.63) is 29.8 Å². The summed E-state index contributed by atoms with van der Waals surface area (Å²) >= 11 is 0. The number of benzene rings is 1. The van der Waals surface area contributed by atoms with E-state index in [9.17, 15) is 28.8 Å². The van der Waals surface area contributed by atoms with E-state index in [4.69, 9.17) is 10.5 Å². The van der Waals surface area contributed by atoms with E-state index < -0.39 is 59.4 Å². The highest BCUT2D eigenvalue weighted by atomic mass is 16.6. The summed E-state index contributed by atoms with van der Waals surface area (Å²) < 4.78 is 5.70. The highest BCUT2D eigenvalue weighted by molar-refractivity contribution is 6.37. The van der Waals surface area contributed by atoms with Gasteiger partial charge in [-0.3, -0.25) is 28.9 Å². The maximum absolute atomic E-state index is 14.6. The highest BCUT2D eigenvalue weighted by Gasteiger charge is 2.69. The third-order valence-electron chi connectivity index (χ3n) is 10.8. The summed E-state index contributed by atoms with van der Waals surface area (Å²) in [6, 6.07) is 3.55. The fourth-order valence-electron chi connectivity index (χ4n) is 8.21. The van der Waals surface area contributed by atoms with Gasteiger partial charge in [-0.05, 0) is 74.8 Å². The zero-order valence-corrected chi connectivity index (χ0v) is 29.0. The number of nitrogens with one attached hydrogen (secondary N) is 2. The summed E-state index contributed by atoms with van der Waals surface area (Å²) in [7, 11) is 0. The first-order valence-electron chi connectivity index (χ1n) is 17.4. The van der Waals surface area contributed by atoms with Crippen LogP contribution >= 0.6 is 0 Å². The second-order valence-corrected chi connectivity index (χ2v) is 15.6. The number of hydrogen-bond acceptors (Lipinski definition) is 7. The molecular weight excluding hydrogens is 614 g/mol. The molecule has 0 radical (unpaired) electrons. The van der Waals surface area contributed by atoms with Crippen molar-refractivity contribution in [3.8, 4) is 0 Å². The van der Waals surface area contributed by atoms with Crippen molar-refractivity contribution in [2.75, 3.05) is 11.4 Å². The Balaban J connectivity index is 1.42. The molecule has 12 nitrogen and oxygen atoms in total. The molecule has 3 fully saturated rings. The predicted molar refractivity (Wildman–Crippen MR) is 178 cm³/mol. The number of piperidine rings is 1. The molecule has 2 saturated carbocycles. The van der Waals surface area contributed by atoms with Gasteiger partial charge < -0.3 is 26.0 Å². The van der Waals surface area contributed by atoms with Crippen LogP contribution in [0.25, 0.3) is 0 Å². The lowest BCUT2D eigenvalue weighted by Gasteiger charge is -2.38. The van der Waals surface area contributed by atoms with E-state index in [1.165, 1.54) is 4.90 Å². The number of primary amides is 1. The van der Waals surface area contributed by atoms with Gasteiger partial charge in [0.25, 0.3) is 5.91 Å². The summed E-state index contributed by atoms with van der Waals surface area (Å²) in [5.41, 5.74) is 5.73. The molecule has 1 saturated heterocycles. The second-order valence-electron chi connectivity index (χ2n) is 15.6. The number of likely N-dealkylation sites (tertiary alicyclic amines) is 1. The van der Waals surface area contributed by atoms with Crippen LogP contribution in [0.3, 0.4) is 0 Å². The van der Waals surface area contributed by atoms with Gasteiger partial charge in [-0.15, -0.1) is 0 Å². The van der Waals surface area contributed by atoms with Crippen molar-refractivity contribution in [3.63, 3.8) is 0 Å². The number of rotatable bonds is 10. The molecule has 0 spiro atoms. The normalized spacial score (nSPS) is 25.7. The van der Waals surface area contributed by atoms with Crippen molar-refractivity contribution in [2.24, 2.45) is 28.9 Å². The Morgan fingerprint density at radius 2 is 1.67 bits per heavy atom. The zero-order valence-electron chi connectivity index (χ0n) is 29.0. The van der Waals surface area contributed by atoms with Crippen molar-refractivity contribution >= 4 is 41.2 Å². The monoisotopic (exact) mass is 665 g/mol. The van der Waals surface area contributed by atoms with Gasteiger partial charge in [0.15, 0.2) is 0 Å². The number of carbonyl (C=O) groups is 6. The Bertz CT molecular complexity index is 1460. The largest absolute Gasteiger partial charge is 0.443 e. The molecule has 2 aliphatic heterocycles. The molecule has 2 aliphatic carbocycles. The van der Waals surface area contributed by atoms with Crippen molar-refractivity contribution in [1.29, 1.82) is 0 Å². The molecule has 262 valence electrons. The lowest BCUT2D eigenvalue weighted by Crippen LogP contribution is -2.61. The van der Waals surface area contributed by atoms with Crippen LogP contribution in [-0.4, -0.2) is 76.7 Å². The van der Waals surface area contributed by atoms with E-state index in [1.54, 1.807) is 37.8 Å². The maximum atomic E-state index is 14.6. The lowest BCUT2D eigenvalue weighted by molar-refractivity contribution is -0.146. The smallest absolute Gasteiger partial charge is 0.415 e. The number of nitrogens with zero attached hydrogens (tertiary/aromatic N) is 2. The Kier molecular flexibility index (Phi) is 9.95. The number of amides is 5. The minimum atomic E-state index is -1.12. The molecule has 2 heterocycles. The Morgan fingerprint density at radius 3 is 2.29 bits per heavy atom. The fourth-order valence-corrected chi connectivity index (χ4v) is 8.21. The van der Waals surface area contributed by atoms with E-state index >= 15 is 0 Å². The van der Waals surface area contributed by atoms with Crippen LogP contribution in [-0.2, 0) is 35.1 Å². The van der Waals surface area contributed by atoms with Crippen molar-refractivity contribution in [2.45, 2.75) is 123 Å². The summed E-state index contributed by atoms with van der Waals surface area (Å²) in [5, 5.41) is 5.81. The van der Waals surface area contributed by atoms with Gasteiger partial charge in [-0.1, -0.05) is 64.7 Å². The molecule has 5 rings (SSSR count). The fraction of sp³-hybridized carbons (Fsp3) is 0.667. The molecule has 4 N–H and O–H groups in total. The first-order chi connectivity index (χ1) is 22.6. The average molecular weight is 666 g/mol. The molecule has 5 amide bonds. The minimum Gasteiger partial charge on any atom is -0.443 e. The van der Waals surface area contributed by atoms with Crippen LogP contribution in [0.1, 0.15) is 92.1 Å². The third-order valence-corrected chi connectivity index (χ3v) is 10.8. The van der Waals surface area contributed by atoms with E-state index in [1.807, 2.05) is 19.1 Å². The van der Waals surface area contributed by atoms with Crippen LogP contribution < -0.4 is 21.3 Å². The van der Waals surface area contributed by atoms with Crippen LogP contribution in [0.4, 0.5) is 10.5 Å². The molecule has 1 aromatic rings. The van der Waals surface area contributed by atoms with Gasteiger partial charge in [-0.2, -0.15) is 0 Å². The number of fused-ring (bicyclic) bond motifs is 2. The minimum absolute atomic E-state index is 0.0726. The quantitative estimate of drug-likeness (QED) is 0.323. The van der Waals surface area contributed by atoms with Gasteiger partial charge in [-0.25, -0.2) is 4.79 Å². The SMILES string of the molecule is CCCC(NC(=O)[C@@H]1C2C(CN1C(=O)[C@@H](NC(=O)C1Cc3ccccc3N1C(=O)OC(C)(C)C)C1CCCCC1)C2(C)C)C(=O)C(N)=O. The van der Waals surface area contributed by atoms with Crippen molar-refractivity contribution in [1.82, 2.24) is 15.5 Å². The first kappa shape index (κ1) is 35.3. The molecular formula is C36H51N5O7. The Morgan fingerprint density at radius 1 is 1.00 bits per heavy atom. The van der Waals surface area contributed by atoms with Gasteiger partial charge in [0.1, 0.15) is 23.7 Å². The lowest BCUT2D eigenvalue weighted by atomic mass is 9.82. The maximum Gasteiger partial charge on any atom is 0.415 e. The average Bonchev–Trinajstić information content (AvgIpc) is 3.37. The number of para-hydroxylation sites is 1. The standard InChI is InChI=1S/C36H51N5O7/c1-7-13-23(29(42)30(37)43)38-32(45)28-26-22(36(26,5)6)19-40(28)33(46)27(20-14-9-8-10-15-20)39-31(44)25-18-21-16-11-12-17-24(21)41(25)34(47)48-35(2,3)4/h11-12,16-17,20,22-23,25-28H,7-10,13-15,18-19H2,1-6H3,(H2,37,43)(H,38,45)(H,39,44)/t22?,23?,25?,26?,27-,28-/m0/s1. The molecule has 0 aromatic heterocycles. The van der Waals surface area contributed by atoms with Crippen LogP contribution in [0.5, 0.6) is 0 Å².